The minimum Gasteiger partial charge on any atom is -0.366 e. The van der Waals surface area contributed by atoms with Crippen LogP contribution in [0.25, 0.3) is 21.8 Å². The zero-order valence-electron chi connectivity index (χ0n) is 16.4. The van der Waals surface area contributed by atoms with E-state index in [9.17, 15) is 26.7 Å². The molecule has 0 saturated heterocycles. The first-order valence-corrected chi connectivity index (χ1v) is 9.60. The Morgan fingerprint density at radius 1 is 0.903 bits per heavy atom. The Morgan fingerprint density at radius 3 is 2.16 bits per heavy atom. The average molecular weight is 432 g/mol. The molecule has 1 heterocycles. The number of fused-ring (bicyclic) bond motifs is 3. The van der Waals surface area contributed by atoms with Gasteiger partial charge in [-0.3, -0.25) is 4.79 Å². The molecule has 0 aliphatic carbocycles. The lowest BCUT2D eigenvalue weighted by Gasteiger charge is -2.12. The first-order valence-electron chi connectivity index (χ1n) is 9.60. The third kappa shape index (κ3) is 3.22. The predicted octanol–water partition coefficient (Wildman–Crippen LogP) is 5.59. The Morgan fingerprint density at radius 2 is 1.55 bits per heavy atom. The molecule has 31 heavy (non-hydrogen) atoms. The number of nitrogens with zero attached hydrogens (tertiary/aromatic N) is 1. The third-order valence-corrected chi connectivity index (χ3v) is 5.38. The van der Waals surface area contributed by atoms with Gasteiger partial charge in [0, 0.05) is 27.4 Å². The van der Waals surface area contributed by atoms with Crippen molar-refractivity contribution in [2.45, 2.75) is 26.3 Å². The molecule has 0 aliphatic rings. The van der Waals surface area contributed by atoms with Crippen molar-refractivity contribution in [2.75, 3.05) is 0 Å². The number of aromatic nitrogens is 1. The maximum atomic E-state index is 14.4. The summed E-state index contributed by atoms with van der Waals surface area (Å²) in [5.74, 6) is -10.7. The molecule has 0 fully saturated rings. The summed E-state index contributed by atoms with van der Waals surface area (Å²) >= 11 is 0. The summed E-state index contributed by atoms with van der Waals surface area (Å²) < 4.78 is 71.2. The fourth-order valence-corrected chi connectivity index (χ4v) is 3.96. The second-order valence-corrected chi connectivity index (χ2v) is 7.30. The Hall–Kier alpha value is -3.42. The summed E-state index contributed by atoms with van der Waals surface area (Å²) in [7, 11) is 0. The van der Waals surface area contributed by atoms with Crippen LogP contribution in [-0.2, 0) is 13.0 Å². The summed E-state index contributed by atoms with van der Waals surface area (Å²) in [6.07, 6.45) is 1.57. The second kappa shape index (κ2) is 7.68. The summed E-state index contributed by atoms with van der Waals surface area (Å²) in [4.78, 5) is 12.0. The van der Waals surface area contributed by atoms with E-state index in [-0.39, 0.29) is 5.56 Å². The van der Waals surface area contributed by atoms with Gasteiger partial charge >= 0.3 is 0 Å². The maximum Gasteiger partial charge on any atom is 0.249 e. The van der Waals surface area contributed by atoms with E-state index in [2.05, 4.69) is 0 Å². The van der Waals surface area contributed by atoms with Crippen molar-refractivity contribution in [3.63, 3.8) is 0 Å². The van der Waals surface area contributed by atoms with Gasteiger partial charge < -0.3 is 10.3 Å². The van der Waals surface area contributed by atoms with Crippen LogP contribution >= 0.6 is 0 Å². The molecule has 3 nitrogen and oxygen atoms in total. The van der Waals surface area contributed by atoms with Gasteiger partial charge in [0.15, 0.2) is 23.3 Å². The number of amides is 1. The summed E-state index contributed by atoms with van der Waals surface area (Å²) in [5, 5.41) is 1.05. The van der Waals surface area contributed by atoms with Crippen molar-refractivity contribution >= 4 is 27.7 Å². The van der Waals surface area contributed by atoms with E-state index in [1.165, 1.54) is 10.6 Å². The van der Waals surface area contributed by atoms with Crippen molar-refractivity contribution in [1.82, 2.24) is 4.57 Å². The lowest BCUT2D eigenvalue weighted by atomic mass is 10.0. The van der Waals surface area contributed by atoms with Crippen molar-refractivity contribution < 1.29 is 26.7 Å². The minimum absolute atomic E-state index is 0.196. The molecule has 0 bridgehead atoms. The van der Waals surface area contributed by atoms with Crippen LogP contribution in [0, 0.1) is 29.1 Å². The number of hydrogen-bond acceptors (Lipinski definition) is 1. The Balaban J connectivity index is 2.07. The fraction of sp³-hybridized carbons (Fsp3) is 0.174. The molecule has 0 spiro atoms. The van der Waals surface area contributed by atoms with Crippen LogP contribution in [0.15, 0.2) is 36.4 Å². The van der Waals surface area contributed by atoms with E-state index >= 15 is 0 Å². The number of carbonyl (C=O) groups excluding carboxylic acids is 1. The van der Waals surface area contributed by atoms with E-state index in [1.807, 2.05) is 13.0 Å². The summed E-state index contributed by atoms with van der Waals surface area (Å²) in [6.45, 7) is 1.36. The van der Waals surface area contributed by atoms with Gasteiger partial charge in [0.05, 0.1) is 12.1 Å². The second-order valence-electron chi connectivity index (χ2n) is 7.30. The van der Waals surface area contributed by atoms with Crippen LogP contribution in [-0.4, -0.2) is 10.5 Å². The minimum atomic E-state index is -2.21. The SMILES string of the molecule is CCCc1ccc2c3c(C(N)=O)cccc3n(Cc3c(F)c(F)c(F)c(F)c3F)c2c1. The van der Waals surface area contributed by atoms with Gasteiger partial charge in [0.2, 0.25) is 11.7 Å². The molecule has 0 aliphatic heterocycles. The van der Waals surface area contributed by atoms with E-state index < -0.39 is 47.1 Å². The molecule has 3 aromatic carbocycles. The molecule has 4 rings (SSSR count). The molecular formula is C23H17F5N2O. The highest BCUT2D eigenvalue weighted by molar-refractivity contribution is 6.18. The highest BCUT2D eigenvalue weighted by atomic mass is 19.2. The Kier molecular flexibility index (Phi) is 5.16. The number of rotatable bonds is 5. The normalized spacial score (nSPS) is 11.5. The van der Waals surface area contributed by atoms with Crippen molar-refractivity contribution in [3.8, 4) is 0 Å². The molecule has 0 radical (unpaired) electrons. The monoisotopic (exact) mass is 432 g/mol. The summed E-state index contributed by atoms with van der Waals surface area (Å²) in [5.41, 5.74) is 6.56. The topological polar surface area (TPSA) is 48.0 Å². The molecule has 2 N–H and O–H groups in total. The fourth-order valence-electron chi connectivity index (χ4n) is 3.96. The smallest absolute Gasteiger partial charge is 0.249 e. The van der Waals surface area contributed by atoms with E-state index in [4.69, 9.17) is 5.73 Å². The first-order chi connectivity index (χ1) is 14.8. The van der Waals surface area contributed by atoms with Gasteiger partial charge in [0.25, 0.3) is 0 Å². The van der Waals surface area contributed by atoms with Gasteiger partial charge in [0.1, 0.15) is 0 Å². The van der Waals surface area contributed by atoms with Crippen molar-refractivity contribution in [3.05, 3.63) is 82.2 Å². The number of hydrogen-bond donors (Lipinski definition) is 1. The van der Waals surface area contributed by atoms with Gasteiger partial charge in [-0.05, 0) is 30.2 Å². The predicted molar refractivity (Wildman–Crippen MR) is 107 cm³/mol. The molecular weight excluding hydrogens is 415 g/mol. The van der Waals surface area contributed by atoms with Crippen LogP contribution in [0.5, 0.6) is 0 Å². The number of halogens is 5. The number of aryl methyl sites for hydroxylation is 1. The van der Waals surface area contributed by atoms with Crippen LogP contribution < -0.4 is 5.73 Å². The highest BCUT2D eigenvalue weighted by Gasteiger charge is 2.27. The van der Waals surface area contributed by atoms with E-state index in [1.54, 1.807) is 24.3 Å². The molecule has 0 unspecified atom stereocenters. The summed E-state index contributed by atoms with van der Waals surface area (Å²) in [6, 6.07) is 10.1. The van der Waals surface area contributed by atoms with Gasteiger partial charge in [-0.2, -0.15) is 0 Å². The molecule has 1 amide bonds. The van der Waals surface area contributed by atoms with E-state index in [0.717, 1.165) is 18.4 Å². The number of carbonyl (C=O) groups is 1. The number of benzene rings is 3. The molecule has 8 heteroatoms. The zero-order chi connectivity index (χ0) is 22.4. The van der Waals surface area contributed by atoms with Crippen LogP contribution in [0.2, 0.25) is 0 Å². The van der Waals surface area contributed by atoms with Crippen LogP contribution in [0.4, 0.5) is 22.0 Å². The molecule has 160 valence electrons. The maximum absolute atomic E-state index is 14.4. The number of nitrogens with two attached hydrogens (primary N) is 1. The molecule has 1 aromatic heterocycles. The Bertz CT molecular complexity index is 1330. The highest BCUT2D eigenvalue weighted by Crippen LogP contribution is 2.34. The van der Waals surface area contributed by atoms with Gasteiger partial charge in [-0.25, -0.2) is 22.0 Å². The zero-order valence-corrected chi connectivity index (χ0v) is 16.4. The molecule has 0 atom stereocenters. The largest absolute Gasteiger partial charge is 0.366 e. The van der Waals surface area contributed by atoms with Crippen molar-refractivity contribution in [1.29, 1.82) is 0 Å². The standard InChI is InChI=1S/C23H17F5N2O/c1-2-4-11-7-8-12-16(9-11)30(15-6-3-5-13(17(12)15)23(29)31)10-14-18(24)20(26)22(28)21(27)19(14)25/h3,5-9H,2,4,10H2,1H3,(H2,29,31). The number of primary amides is 1. The van der Waals surface area contributed by atoms with Gasteiger partial charge in [-0.1, -0.05) is 31.5 Å². The van der Waals surface area contributed by atoms with Gasteiger partial charge in [-0.15, -0.1) is 0 Å². The lowest BCUT2D eigenvalue weighted by Crippen LogP contribution is -2.12. The van der Waals surface area contributed by atoms with Crippen LogP contribution in [0.1, 0.15) is 34.8 Å². The third-order valence-electron chi connectivity index (χ3n) is 5.38. The quantitative estimate of drug-likeness (QED) is 0.250. The molecule has 4 aromatic rings. The molecule has 0 saturated carbocycles. The lowest BCUT2D eigenvalue weighted by molar-refractivity contribution is 0.100. The average Bonchev–Trinajstić information content (AvgIpc) is 3.07. The Labute approximate surface area is 173 Å². The van der Waals surface area contributed by atoms with Crippen molar-refractivity contribution in [2.24, 2.45) is 5.73 Å². The first kappa shape index (κ1) is 20.8. The van der Waals surface area contributed by atoms with Crippen LogP contribution in [0.3, 0.4) is 0 Å². The van der Waals surface area contributed by atoms with E-state index in [0.29, 0.717) is 21.8 Å².